The molecule has 0 unspecified atom stereocenters. The number of imidazole rings is 1. The van der Waals surface area contributed by atoms with Crippen LogP contribution in [0.3, 0.4) is 0 Å². The first-order chi connectivity index (χ1) is 14.5. The van der Waals surface area contributed by atoms with E-state index in [9.17, 15) is 0 Å². The zero-order valence-electron chi connectivity index (χ0n) is 22.1. The molecule has 0 atom stereocenters. The second-order valence-electron chi connectivity index (χ2n) is 8.86. The van der Waals surface area contributed by atoms with Crippen molar-refractivity contribution in [2.45, 2.75) is 55.4 Å². The third-order valence-electron chi connectivity index (χ3n) is 7.27. The van der Waals surface area contributed by atoms with Crippen LogP contribution in [-0.4, -0.2) is 11.6 Å². The van der Waals surface area contributed by atoms with E-state index >= 15 is 0 Å². The summed E-state index contributed by atoms with van der Waals surface area (Å²) < 4.78 is 4.59. The van der Waals surface area contributed by atoms with E-state index in [1.165, 1.54) is 55.5 Å². The molecule has 0 saturated heterocycles. The first-order valence-corrected chi connectivity index (χ1v) is 10.9. The molecule has 5 heteroatoms. The van der Waals surface area contributed by atoms with E-state index in [4.69, 9.17) is 0 Å². The van der Waals surface area contributed by atoms with Crippen LogP contribution in [0.1, 0.15) is 50.3 Å². The summed E-state index contributed by atoms with van der Waals surface area (Å²) in [5.74, 6) is 1.16. The van der Waals surface area contributed by atoms with E-state index in [1.807, 2.05) is 18.0 Å². The normalized spacial score (nSPS) is 11.4. The molecule has 171 valence electrons. The van der Waals surface area contributed by atoms with Gasteiger partial charge in [0, 0.05) is 43.8 Å². The number of hydrogen-bond donors (Lipinski definition) is 0. The van der Waals surface area contributed by atoms with Crippen LogP contribution in [-0.2, 0) is 67.9 Å². The number of fused-ring (bicyclic) bond motifs is 1. The minimum atomic E-state index is 0. The number of benzene rings is 2. The molecule has 2 aromatic carbocycles. The fourth-order valence-corrected chi connectivity index (χ4v) is 4.57. The first kappa shape index (κ1) is 30.0. The largest absolute Gasteiger partial charge is 2.00 e. The minimum Gasteiger partial charge on any atom is -0.478 e. The van der Waals surface area contributed by atoms with E-state index in [0.29, 0.717) is 0 Å². The monoisotopic (exact) mass is 687 g/mol. The van der Waals surface area contributed by atoms with E-state index in [1.54, 1.807) is 0 Å². The van der Waals surface area contributed by atoms with Gasteiger partial charge in [-0.3, -0.25) is 0 Å². The Morgan fingerprint density at radius 1 is 0.848 bits per heavy atom. The first-order valence-electron chi connectivity index (χ1n) is 10.9. The maximum atomic E-state index is 3.51. The van der Waals surface area contributed by atoms with Gasteiger partial charge in [0.15, 0.2) is 11.0 Å². The van der Waals surface area contributed by atoms with E-state index in [-0.39, 0.29) is 53.8 Å². The second kappa shape index (κ2) is 11.6. The van der Waals surface area contributed by atoms with Crippen molar-refractivity contribution in [2.24, 2.45) is 14.1 Å². The predicted molar refractivity (Wildman–Crippen MR) is 133 cm³/mol. The molecule has 0 spiro atoms. The molecule has 1 radical (unpaired) electrons. The van der Waals surface area contributed by atoms with Gasteiger partial charge in [-0.2, -0.15) is 34.0 Å². The summed E-state index contributed by atoms with van der Waals surface area (Å²) >= 11 is 0. The summed E-state index contributed by atoms with van der Waals surface area (Å²) in [6, 6.07) is 3.51. The molecule has 0 fully saturated rings. The molecule has 0 saturated carbocycles. The van der Waals surface area contributed by atoms with E-state index < -0.39 is 0 Å². The topological polar surface area (TPSA) is 12.1 Å². The van der Waals surface area contributed by atoms with Crippen molar-refractivity contribution in [1.29, 1.82) is 0 Å². The average Bonchev–Trinajstić information content (AvgIpc) is 2.99. The maximum absolute atomic E-state index is 3.51. The van der Waals surface area contributed by atoms with E-state index in [0.717, 1.165) is 11.5 Å². The molecule has 1 aromatic heterocycles. The second-order valence-corrected chi connectivity index (χ2v) is 8.86. The summed E-state index contributed by atoms with van der Waals surface area (Å²) in [4.78, 5) is 2.03. The quantitative estimate of drug-likeness (QED) is 0.148. The van der Waals surface area contributed by atoms with Gasteiger partial charge in [0.2, 0.25) is 0 Å². The third-order valence-corrected chi connectivity index (χ3v) is 7.27. The van der Waals surface area contributed by atoms with Crippen molar-refractivity contribution in [1.82, 2.24) is 4.57 Å². The van der Waals surface area contributed by atoms with Crippen LogP contribution >= 0.6 is 0 Å². The van der Waals surface area contributed by atoms with Gasteiger partial charge >= 0.3 is 21.1 Å². The molecule has 3 rings (SSSR count). The minimum absolute atomic E-state index is 0. The smallest absolute Gasteiger partial charge is 0.478 e. The van der Waals surface area contributed by atoms with Gasteiger partial charge in [0.25, 0.3) is 5.82 Å². The van der Waals surface area contributed by atoms with Crippen LogP contribution in [0.15, 0.2) is 12.2 Å². The van der Waals surface area contributed by atoms with Gasteiger partial charge in [-0.25, -0.2) is 15.2 Å². The summed E-state index contributed by atoms with van der Waals surface area (Å²) in [5, 5.41) is 0. The molecule has 0 bridgehead atoms. The van der Waals surface area contributed by atoms with Gasteiger partial charge in [0.1, 0.15) is 0 Å². The fraction of sp³-hybridized carbons (Fsp3) is 0.393. The molecule has 3 aromatic rings. The Bertz CT molecular complexity index is 1200. The number of nitrogens with zero attached hydrogens (tertiary/aromatic N) is 3. The molecule has 3 nitrogen and oxygen atoms in total. The molecule has 0 N–H and O–H groups in total. The molecule has 0 aliphatic carbocycles. The summed E-state index contributed by atoms with van der Waals surface area (Å²) in [7, 11) is 6.34. The molecular formula is C28H36N3WY+. The Kier molecular flexibility index (Phi) is 10.6. The van der Waals surface area contributed by atoms with Crippen molar-refractivity contribution < 1.29 is 58.3 Å². The number of allylic oxidation sites excluding steroid dienone is 2. The van der Waals surface area contributed by atoms with Crippen LogP contribution in [0.2, 0.25) is 0 Å². The van der Waals surface area contributed by atoms with Gasteiger partial charge < -0.3 is 4.90 Å². The average molecular weight is 687 g/mol. The Morgan fingerprint density at radius 2 is 1.39 bits per heavy atom. The van der Waals surface area contributed by atoms with Crippen molar-refractivity contribution in [2.75, 3.05) is 11.9 Å². The molecule has 0 aliphatic heterocycles. The van der Waals surface area contributed by atoms with Crippen LogP contribution in [0, 0.1) is 67.7 Å². The Morgan fingerprint density at radius 3 is 2.00 bits per heavy atom. The molecule has 0 amide bonds. The molecule has 0 aliphatic rings. The zero-order valence-corrected chi connectivity index (χ0v) is 27.8. The maximum Gasteiger partial charge on any atom is 2.00 e. The number of hydrogen-bond acceptors (Lipinski definition) is 1. The SMILES string of the molecule is Cc1[c-]c(N(C)[C-]=CC=Cc2n(C)c3c(C)c(C)c(C)c(C)c3[n+]2C)c(C)c(C)c1C.[W+2].[Y]. The predicted octanol–water partition coefficient (Wildman–Crippen LogP) is 5.73. The number of aromatic nitrogens is 2. The number of anilines is 1. The van der Waals surface area contributed by atoms with Crippen LogP contribution in [0.25, 0.3) is 17.1 Å². The van der Waals surface area contributed by atoms with Crippen LogP contribution in [0.4, 0.5) is 5.69 Å². The van der Waals surface area contributed by atoms with Gasteiger partial charge in [0.05, 0.1) is 14.1 Å². The summed E-state index contributed by atoms with van der Waals surface area (Å²) in [6.45, 7) is 17.5. The molecule has 33 heavy (non-hydrogen) atoms. The van der Waals surface area contributed by atoms with Gasteiger partial charge in [-0.05, 0) is 51.9 Å². The number of aryl methyl sites for hydroxylation is 5. The van der Waals surface area contributed by atoms with Crippen molar-refractivity contribution in [3.05, 3.63) is 74.8 Å². The van der Waals surface area contributed by atoms with Gasteiger partial charge in [-0.1, -0.05) is 27.7 Å². The third kappa shape index (κ3) is 5.31. The van der Waals surface area contributed by atoms with Crippen molar-refractivity contribution in [3.8, 4) is 0 Å². The molecule has 1 heterocycles. The van der Waals surface area contributed by atoms with Crippen molar-refractivity contribution in [3.63, 3.8) is 0 Å². The van der Waals surface area contributed by atoms with Crippen molar-refractivity contribution >= 4 is 22.8 Å². The Hall–Kier alpha value is -1.02. The zero-order chi connectivity index (χ0) is 23.2. The molecular weight excluding hydrogens is 651 g/mol. The standard InChI is InChI=1S/C28H36N3.W.Y/c1-17-16-25(22(6)19(3)18(17)2)29(9)15-13-12-14-26-30(10)27-23(7)20(4)21(5)24(8)28(27)31(26)11;;/h12-14H,1-11H3;;/q-1;+2;. The van der Waals surface area contributed by atoms with Crippen LogP contribution < -0.4 is 9.47 Å². The Balaban J connectivity index is 0.00000272. The summed E-state index contributed by atoms with van der Waals surface area (Å²) in [6.07, 6.45) is 9.57. The Labute approximate surface area is 240 Å². The fourth-order valence-electron chi connectivity index (χ4n) is 4.57. The van der Waals surface area contributed by atoms with E-state index in [2.05, 4.69) is 103 Å². The van der Waals surface area contributed by atoms with Crippen LogP contribution in [0.5, 0.6) is 0 Å². The number of rotatable bonds is 4. The van der Waals surface area contributed by atoms with Gasteiger partial charge in [-0.15, -0.1) is 12.3 Å². The summed E-state index contributed by atoms with van der Waals surface area (Å²) in [5.41, 5.74) is 14.3.